The normalized spacial score (nSPS) is 15.8. The average molecular weight is 253 g/mol. The number of likely N-dealkylation sites (tertiary alicyclic amines) is 1. The summed E-state index contributed by atoms with van der Waals surface area (Å²) in [7, 11) is 0. The van der Waals surface area contributed by atoms with Crippen LogP contribution in [-0.4, -0.2) is 29.8 Å². The highest BCUT2D eigenvalue weighted by molar-refractivity contribution is 6.30. The van der Waals surface area contributed by atoms with Crippen LogP contribution in [0.3, 0.4) is 0 Å². The van der Waals surface area contributed by atoms with Crippen LogP contribution in [0.15, 0.2) is 24.3 Å². The first-order valence-electron chi connectivity index (χ1n) is 5.48. The van der Waals surface area contributed by atoms with Crippen molar-refractivity contribution >= 4 is 29.1 Å². The fourth-order valence-corrected chi connectivity index (χ4v) is 1.97. The number of benzene rings is 1. The predicted molar refractivity (Wildman–Crippen MR) is 66.3 cm³/mol. The first kappa shape index (κ1) is 11.9. The lowest BCUT2D eigenvalue weighted by atomic mass is 10.1. The minimum atomic E-state index is -0.250. The molecule has 2 rings (SSSR count). The number of anilines is 1. The molecule has 2 amide bonds. The lowest BCUT2D eigenvalue weighted by Crippen LogP contribution is -2.42. The quantitative estimate of drug-likeness (QED) is 0.835. The third-order valence-electron chi connectivity index (χ3n) is 2.61. The van der Waals surface area contributed by atoms with E-state index in [0.717, 1.165) is 6.42 Å². The number of carbonyl (C=O) groups is 2. The second-order valence-electron chi connectivity index (χ2n) is 4.00. The topological polar surface area (TPSA) is 49.4 Å². The fourth-order valence-electron chi connectivity index (χ4n) is 1.78. The van der Waals surface area contributed by atoms with Gasteiger partial charge in [-0.15, -0.1) is 0 Å². The van der Waals surface area contributed by atoms with Crippen LogP contribution in [0.5, 0.6) is 0 Å². The van der Waals surface area contributed by atoms with Crippen molar-refractivity contribution in [2.75, 3.05) is 18.4 Å². The molecule has 1 aromatic carbocycles. The van der Waals surface area contributed by atoms with E-state index in [1.807, 2.05) is 0 Å². The van der Waals surface area contributed by atoms with Crippen molar-refractivity contribution in [2.45, 2.75) is 12.8 Å². The number of nitrogens with zero attached hydrogens (tertiary/aromatic N) is 1. The lowest BCUT2D eigenvalue weighted by molar-refractivity contribution is -0.121. The van der Waals surface area contributed by atoms with Gasteiger partial charge in [0, 0.05) is 23.7 Å². The highest BCUT2D eigenvalue weighted by Crippen LogP contribution is 2.16. The molecule has 1 N–H and O–H groups in total. The molecule has 0 unspecified atom stereocenters. The van der Waals surface area contributed by atoms with Crippen LogP contribution in [-0.2, 0) is 4.79 Å². The number of hydrogen-bond donors (Lipinski definition) is 1. The van der Waals surface area contributed by atoms with Crippen molar-refractivity contribution in [3.63, 3.8) is 0 Å². The van der Waals surface area contributed by atoms with Gasteiger partial charge in [0.2, 0.25) is 0 Å². The van der Waals surface area contributed by atoms with Crippen LogP contribution in [0.4, 0.5) is 10.5 Å². The van der Waals surface area contributed by atoms with Crippen molar-refractivity contribution in [3.05, 3.63) is 29.3 Å². The third-order valence-corrected chi connectivity index (χ3v) is 2.85. The zero-order valence-corrected chi connectivity index (χ0v) is 10.0. The van der Waals surface area contributed by atoms with Crippen LogP contribution in [0.1, 0.15) is 12.8 Å². The Labute approximate surface area is 105 Å². The lowest BCUT2D eigenvalue weighted by Gasteiger charge is -2.25. The molecule has 0 spiro atoms. The van der Waals surface area contributed by atoms with Crippen molar-refractivity contribution in [1.82, 2.24) is 4.90 Å². The zero-order valence-electron chi connectivity index (χ0n) is 9.28. The van der Waals surface area contributed by atoms with E-state index in [-0.39, 0.29) is 18.4 Å². The van der Waals surface area contributed by atoms with E-state index < -0.39 is 0 Å². The predicted octanol–water partition coefficient (Wildman–Crippen LogP) is 2.54. The van der Waals surface area contributed by atoms with Gasteiger partial charge in [-0.1, -0.05) is 17.7 Å². The van der Waals surface area contributed by atoms with E-state index in [0.29, 0.717) is 23.7 Å². The molecule has 0 radical (unpaired) electrons. The fraction of sp³-hybridized carbons (Fsp3) is 0.333. The summed E-state index contributed by atoms with van der Waals surface area (Å²) >= 11 is 5.82. The number of amides is 2. The van der Waals surface area contributed by atoms with Crippen molar-refractivity contribution in [2.24, 2.45) is 0 Å². The SMILES string of the molecule is O=C1CCCN(C(=O)Nc2cccc(Cl)c2)C1. The summed E-state index contributed by atoms with van der Waals surface area (Å²) in [6.07, 6.45) is 1.31. The molecule has 1 fully saturated rings. The molecule has 1 saturated heterocycles. The second kappa shape index (κ2) is 5.19. The molecule has 5 heteroatoms. The van der Waals surface area contributed by atoms with Crippen LogP contribution in [0.2, 0.25) is 5.02 Å². The van der Waals surface area contributed by atoms with Crippen LogP contribution < -0.4 is 5.32 Å². The van der Waals surface area contributed by atoms with Gasteiger partial charge in [0.25, 0.3) is 0 Å². The number of hydrogen-bond acceptors (Lipinski definition) is 2. The Balaban J connectivity index is 1.99. The highest BCUT2D eigenvalue weighted by Gasteiger charge is 2.21. The van der Waals surface area contributed by atoms with E-state index in [1.165, 1.54) is 4.90 Å². The Morgan fingerprint density at radius 1 is 1.41 bits per heavy atom. The number of rotatable bonds is 1. The Morgan fingerprint density at radius 2 is 2.24 bits per heavy atom. The maximum Gasteiger partial charge on any atom is 0.322 e. The summed E-state index contributed by atoms with van der Waals surface area (Å²) in [5, 5.41) is 3.29. The van der Waals surface area contributed by atoms with Crippen molar-refractivity contribution in [3.8, 4) is 0 Å². The molecule has 17 heavy (non-hydrogen) atoms. The Hall–Kier alpha value is -1.55. The molecule has 1 heterocycles. The first-order valence-corrected chi connectivity index (χ1v) is 5.86. The number of carbonyl (C=O) groups excluding carboxylic acids is 2. The molecule has 1 aliphatic heterocycles. The molecule has 0 saturated carbocycles. The molecular weight excluding hydrogens is 240 g/mol. The molecule has 0 bridgehead atoms. The van der Waals surface area contributed by atoms with E-state index in [2.05, 4.69) is 5.32 Å². The van der Waals surface area contributed by atoms with Gasteiger partial charge in [0.1, 0.15) is 0 Å². The molecule has 1 aliphatic rings. The Kier molecular flexibility index (Phi) is 3.64. The van der Waals surface area contributed by atoms with Gasteiger partial charge in [-0.2, -0.15) is 0 Å². The average Bonchev–Trinajstić information content (AvgIpc) is 2.29. The molecular formula is C12H13ClN2O2. The maximum absolute atomic E-state index is 11.8. The molecule has 0 aromatic heterocycles. The molecule has 1 aromatic rings. The number of Topliss-reactive ketones (excluding diaryl/α,β-unsaturated/α-hetero) is 1. The van der Waals surface area contributed by atoms with Crippen LogP contribution >= 0.6 is 11.6 Å². The number of piperidine rings is 1. The van der Waals surface area contributed by atoms with Gasteiger partial charge < -0.3 is 10.2 Å². The first-order chi connectivity index (χ1) is 8.15. The Bertz CT molecular complexity index is 448. The summed E-state index contributed by atoms with van der Waals surface area (Å²) in [6.45, 7) is 0.824. The standard InChI is InChI=1S/C12H13ClN2O2/c13-9-3-1-4-10(7-9)14-12(17)15-6-2-5-11(16)8-15/h1,3-4,7H,2,5-6,8H2,(H,14,17). The third kappa shape index (κ3) is 3.20. The van der Waals surface area contributed by atoms with Gasteiger partial charge in [0.05, 0.1) is 6.54 Å². The number of halogens is 1. The Morgan fingerprint density at radius 3 is 2.94 bits per heavy atom. The minimum Gasteiger partial charge on any atom is -0.317 e. The van der Waals surface area contributed by atoms with Gasteiger partial charge in [-0.3, -0.25) is 4.79 Å². The molecule has 4 nitrogen and oxygen atoms in total. The summed E-state index contributed by atoms with van der Waals surface area (Å²) in [5.41, 5.74) is 0.639. The maximum atomic E-state index is 11.8. The van der Waals surface area contributed by atoms with Crippen molar-refractivity contribution < 1.29 is 9.59 Å². The zero-order chi connectivity index (χ0) is 12.3. The number of ketones is 1. The van der Waals surface area contributed by atoms with E-state index in [4.69, 9.17) is 11.6 Å². The summed E-state index contributed by atoms with van der Waals surface area (Å²) in [5.74, 6) is 0.109. The van der Waals surface area contributed by atoms with Crippen LogP contribution in [0.25, 0.3) is 0 Å². The summed E-state index contributed by atoms with van der Waals surface area (Å²) < 4.78 is 0. The number of urea groups is 1. The van der Waals surface area contributed by atoms with E-state index >= 15 is 0 Å². The molecule has 0 aliphatic carbocycles. The second-order valence-corrected chi connectivity index (χ2v) is 4.44. The van der Waals surface area contributed by atoms with Gasteiger partial charge in [0.15, 0.2) is 5.78 Å². The van der Waals surface area contributed by atoms with E-state index in [1.54, 1.807) is 24.3 Å². The number of nitrogens with one attached hydrogen (secondary N) is 1. The minimum absolute atomic E-state index is 0.109. The van der Waals surface area contributed by atoms with Gasteiger partial charge >= 0.3 is 6.03 Å². The monoisotopic (exact) mass is 252 g/mol. The smallest absolute Gasteiger partial charge is 0.317 e. The summed E-state index contributed by atoms with van der Waals surface area (Å²) in [4.78, 5) is 24.6. The van der Waals surface area contributed by atoms with Gasteiger partial charge in [-0.05, 0) is 24.6 Å². The molecule has 90 valence electrons. The van der Waals surface area contributed by atoms with E-state index in [9.17, 15) is 9.59 Å². The highest BCUT2D eigenvalue weighted by atomic mass is 35.5. The largest absolute Gasteiger partial charge is 0.322 e. The van der Waals surface area contributed by atoms with Gasteiger partial charge in [-0.25, -0.2) is 4.79 Å². The van der Waals surface area contributed by atoms with Crippen LogP contribution in [0, 0.1) is 0 Å². The van der Waals surface area contributed by atoms with Crippen molar-refractivity contribution in [1.29, 1.82) is 0 Å². The molecule has 0 atom stereocenters. The summed E-state index contributed by atoms with van der Waals surface area (Å²) in [6, 6.07) is 6.68.